The molecule has 0 bridgehead atoms. The Morgan fingerprint density at radius 2 is 2.14 bits per heavy atom. The summed E-state index contributed by atoms with van der Waals surface area (Å²) < 4.78 is 22.6. The van der Waals surface area contributed by atoms with E-state index in [0.29, 0.717) is 11.8 Å². The Morgan fingerprint density at radius 1 is 1.43 bits per heavy atom. The van der Waals surface area contributed by atoms with Crippen molar-refractivity contribution in [2.24, 2.45) is 0 Å². The third-order valence-electron chi connectivity index (χ3n) is 1.88. The highest BCUT2D eigenvalue weighted by atomic mass is 19.1. The van der Waals surface area contributed by atoms with E-state index in [1.165, 1.54) is 32.4 Å². The van der Waals surface area contributed by atoms with Gasteiger partial charge in [-0.05, 0) is 17.7 Å². The number of halogens is 1. The van der Waals surface area contributed by atoms with Gasteiger partial charge >= 0.3 is 0 Å². The number of hydrogen-bond acceptors (Lipinski definition) is 3. The van der Waals surface area contributed by atoms with E-state index < -0.39 is 11.9 Å². The first kappa shape index (κ1) is 10.7. The van der Waals surface area contributed by atoms with Crippen LogP contribution in [0.1, 0.15) is 11.7 Å². The second kappa shape index (κ2) is 4.72. The van der Waals surface area contributed by atoms with Crippen molar-refractivity contribution in [3.63, 3.8) is 0 Å². The average Bonchev–Trinajstić information content (AvgIpc) is 2.22. The first-order valence-electron chi connectivity index (χ1n) is 4.04. The van der Waals surface area contributed by atoms with Crippen LogP contribution in [0.3, 0.4) is 0 Å². The van der Waals surface area contributed by atoms with E-state index in [9.17, 15) is 9.18 Å². The third-order valence-corrected chi connectivity index (χ3v) is 1.88. The number of hydrogen-bond donors (Lipinski definition) is 0. The smallest absolute Gasteiger partial charge is 0.165 e. The lowest BCUT2D eigenvalue weighted by Crippen LogP contribution is -2.03. The van der Waals surface area contributed by atoms with Crippen molar-refractivity contribution < 1.29 is 18.7 Å². The van der Waals surface area contributed by atoms with Crippen LogP contribution >= 0.6 is 0 Å². The summed E-state index contributed by atoms with van der Waals surface area (Å²) in [5.41, 5.74) is 0.570. The van der Waals surface area contributed by atoms with Crippen LogP contribution in [0.2, 0.25) is 0 Å². The molecule has 1 unspecified atom stereocenters. The van der Waals surface area contributed by atoms with Crippen LogP contribution in [0.4, 0.5) is 4.39 Å². The molecule has 0 aliphatic heterocycles. The molecule has 76 valence electrons. The summed E-state index contributed by atoms with van der Waals surface area (Å²) in [6.07, 6.45) is -0.0309. The van der Waals surface area contributed by atoms with Gasteiger partial charge in [0.25, 0.3) is 0 Å². The van der Waals surface area contributed by atoms with Gasteiger partial charge in [0.1, 0.15) is 6.10 Å². The summed E-state index contributed by atoms with van der Waals surface area (Å²) in [5.74, 6) is -0.358. The first-order chi connectivity index (χ1) is 6.72. The summed E-state index contributed by atoms with van der Waals surface area (Å²) in [6, 6.07) is 4.17. The SMILES string of the molecule is COc1cc(C(C=O)OC)ccc1F. The highest BCUT2D eigenvalue weighted by molar-refractivity contribution is 5.60. The fraction of sp³-hybridized carbons (Fsp3) is 0.300. The number of methoxy groups -OCH3 is 2. The molecule has 0 saturated carbocycles. The molecule has 3 nitrogen and oxygen atoms in total. The number of ether oxygens (including phenoxy) is 2. The van der Waals surface area contributed by atoms with E-state index in [-0.39, 0.29) is 5.75 Å². The fourth-order valence-corrected chi connectivity index (χ4v) is 1.12. The molecule has 0 N–H and O–H groups in total. The van der Waals surface area contributed by atoms with Gasteiger partial charge in [-0.15, -0.1) is 0 Å². The number of benzene rings is 1. The highest BCUT2D eigenvalue weighted by Gasteiger charge is 2.11. The molecule has 1 atom stereocenters. The van der Waals surface area contributed by atoms with Gasteiger partial charge in [-0.2, -0.15) is 0 Å². The first-order valence-corrected chi connectivity index (χ1v) is 4.04. The van der Waals surface area contributed by atoms with Crippen LogP contribution in [-0.2, 0) is 9.53 Å². The van der Waals surface area contributed by atoms with Gasteiger partial charge in [-0.25, -0.2) is 4.39 Å². The van der Waals surface area contributed by atoms with Gasteiger partial charge in [0, 0.05) is 7.11 Å². The third kappa shape index (κ3) is 2.09. The van der Waals surface area contributed by atoms with Crippen LogP contribution < -0.4 is 4.74 Å². The Kier molecular flexibility index (Phi) is 3.59. The Balaban J connectivity index is 3.04. The predicted molar refractivity (Wildman–Crippen MR) is 48.8 cm³/mol. The predicted octanol–water partition coefficient (Wildman–Crippen LogP) is 1.72. The van der Waals surface area contributed by atoms with Crippen molar-refractivity contribution in [1.29, 1.82) is 0 Å². The molecule has 14 heavy (non-hydrogen) atoms. The highest BCUT2D eigenvalue weighted by Crippen LogP contribution is 2.23. The minimum atomic E-state index is -0.676. The van der Waals surface area contributed by atoms with Gasteiger partial charge in [-0.3, -0.25) is 0 Å². The Bertz CT molecular complexity index is 325. The molecule has 0 amide bonds. The molecule has 0 heterocycles. The maximum Gasteiger partial charge on any atom is 0.165 e. The summed E-state index contributed by atoms with van der Waals surface area (Å²) in [5, 5.41) is 0. The van der Waals surface area contributed by atoms with E-state index in [0.717, 1.165) is 0 Å². The topological polar surface area (TPSA) is 35.5 Å². The zero-order chi connectivity index (χ0) is 10.6. The van der Waals surface area contributed by atoms with Crippen molar-refractivity contribution in [3.8, 4) is 5.75 Å². The lowest BCUT2D eigenvalue weighted by Gasteiger charge is -2.10. The van der Waals surface area contributed by atoms with E-state index in [1.54, 1.807) is 0 Å². The van der Waals surface area contributed by atoms with E-state index >= 15 is 0 Å². The molecular formula is C10H11FO3. The summed E-state index contributed by atoms with van der Waals surface area (Å²) in [4.78, 5) is 10.6. The van der Waals surface area contributed by atoms with Gasteiger partial charge in [-0.1, -0.05) is 6.07 Å². The Morgan fingerprint density at radius 3 is 2.64 bits per heavy atom. The zero-order valence-electron chi connectivity index (χ0n) is 7.99. The van der Waals surface area contributed by atoms with Gasteiger partial charge in [0.2, 0.25) is 0 Å². The molecule has 1 aromatic carbocycles. The average molecular weight is 198 g/mol. The normalized spacial score (nSPS) is 12.2. The standard InChI is InChI=1S/C10H11FO3/c1-13-9-5-7(3-4-8(9)11)10(6-12)14-2/h3-6,10H,1-2H3. The van der Waals surface area contributed by atoms with Gasteiger partial charge in [0.15, 0.2) is 17.9 Å². The molecular weight excluding hydrogens is 187 g/mol. The molecule has 0 fully saturated rings. The Hall–Kier alpha value is -1.42. The molecule has 0 aromatic heterocycles. The van der Waals surface area contributed by atoms with Crippen LogP contribution in [0.15, 0.2) is 18.2 Å². The van der Waals surface area contributed by atoms with Gasteiger partial charge in [0.05, 0.1) is 7.11 Å². The van der Waals surface area contributed by atoms with E-state index in [4.69, 9.17) is 9.47 Å². The maximum atomic E-state index is 13.0. The van der Waals surface area contributed by atoms with Crippen LogP contribution in [-0.4, -0.2) is 20.5 Å². The molecule has 4 heteroatoms. The molecule has 0 saturated heterocycles. The van der Waals surface area contributed by atoms with Crippen molar-refractivity contribution in [1.82, 2.24) is 0 Å². The summed E-state index contributed by atoms with van der Waals surface area (Å²) in [6.45, 7) is 0. The van der Waals surface area contributed by atoms with Gasteiger partial charge < -0.3 is 14.3 Å². The minimum Gasteiger partial charge on any atom is -0.494 e. The number of aldehydes is 1. The van der Waals surface area contributed by atoms with Crippen LogP contribution in [0, 0.1) is 5.82 Å². The largest absolute Gasteiger partial charge is 0.494 e. The number of carbonyl (C=O) groups excluding carboxylic acids is 1. The number of rotatable bonds is 4. The maximum absolute atomic E-state index is 13.0. The van der Waals surface area contributed by atoms with Crippen molar-refractivity contribution in [3.05, 3.63) is 29.6 Å². The van der Waals surface area contributed by atoms with Crippen molar-refractivity contribution in [2.45, 2.75) is 6.10 Å². The molecule has 1 rings (SSSR count). The second-order valence-corrected chi connectivity index (χ2v) is 2.69. The van der Waals surface area contributed by atoms with Crippen molar-refractivity contribution in [2.75, 3.05) is 14.2 Å². The molecule has 0 radical (unpaired) electrons. The van der Waals surface area contributed by atoms with E-state index in [1.807, 2.05) is 0 Å². The Labute approximate surface area is 81.4 Å². The summed E-state index contributed by atoms with van der Waals surface area (Å²) >= 11 is 0. The van der Waals surface area contributed by atoms with Crippen LogP contribution in [0.5, 0.6) is 5.75 Å². The van der Waals surface area contributed by atoms with E-state index in [2.05, 4.69) is 0 Å². The summed E-state index contributed by atoms with van der Waals surface area (Å²) in [7, 11) is 2.78. The molecule has 0 aliphatic rings. The van der Waals surface area contributed by atoms with Crippen LogP contribution in [0.25, 0.3) is 0 Å². The second-order valence-electron chi connectivity index (χ2n) is 2.69. The quantitative estimate of drug-likeness (QED) is 0.691. The number of carbonyl (C=O) groups is 1. The monoisotopic (exact) mass is 198 g/mol. The molecule has 0 aliphatic carbocycles. The lowest BCUT2D eigenvalue weighted by atomic mass is 10.1. The minimum absolute atomic E-state index is 0.103. The lowest BCUT2D eigenvalue weighted by molar-refractivity contribution is -0.116. The fourth-order valence-electron chi connectivity index (χ4n) is 1.12. The molecule has 1 aromatic rings. The van der Waals surface area contributed by atoms with Crippen molar-refractivity contribution >= 4 is 6.29 Å². The molecule has 0 spiro atoms. The zero-order valence-corrected chi connectivity index (χ0v) is 7.99.